The zero-order valence-electron chi connectivity index (χ0n) is 11.2. The lowest BCUT2D eigenvalue weighted by Gasteiger charge is -2.06. The molecule has 0 atom stereocenters. The Balaban J connectivity index is 2.50. The van der Waals surface area contributed by atoms with Gasteiger partial charge in [0.25, 0.3) is 11.6 Å². The van der Waals surface area contributed by atoms with Gasteiger partial charge in [-0.05, 0) is 18.9 Å². The molecular formula is C13H17FN2O4. The van der Waals surface area contributed by atoms with Crippen LogP contribution in [0.25, 0.3) is 0 Å². The van der Waals surface area contributed by atoms with Crippen LogP contribution in [0.15, 0.2) is 18.2 Å². The molecule has 0 fully saturated rings. The Morgan fingerprint density at radius 2 is 2.20 bits per heavy atom. The third-order valence-electron chi connectivity index (χ3n) is 2.50. The predicted molar refractivity (Wildman–Crippen MR) is 71.1 cm³/mol. The molecular weight excluding hydrogens is 267 g/mol. The summed E-state index contributed by atoms with van der Waals surface area (Å²) in [6.07, 6.45) is 1.52. The lowest BCUT2D eigenvalue weighted by molar-refractivity contribution is -0.384. The number of nitrogens with one attached hydrogen (secondary N) is 1. The first-order valence-corrected chi connectivity index (χ1v) is 6.36. The van der Waals surface area contributed by atoms with E-state index < -0.39 is 16.6 Å². The number of hydrogen-bond donors (Lipinski definition) is 1. The second kappa shape index (κ2) is 8.21. The maximum atomic E-state index is 13.5. The van der Waals surface area contributed by atoms with E-state index in [-0.39, 0.29) is 11.3 Å². The SMILES string of the molecule is CCCOCCCNC(=O)c1cc([N+](=O)[O-])ccc1F. The molecule has 1 aromatic rings. The normalized spacial score (nSPS) is 10.3. The van der Waals surface area contributed by atoms with Crippen LogP contribution in [0, 0.1) is 15.9 Å². The van der Waals surface area contributed by atoms with Crippen LogP contribution in [-0.2, 0) is 4.74 Å². The van der Waals surface area contributed by atoms with E-state index in [1.165, 1.54) is 0 Å². The number of hydrogen-bond acceptors (Lipinski definition) is 4. The molecule has 0 saturated heterocycles. The number of nitro benzene ring substituents is 1. The van der Waals surface area contributed by atoms with Gasteiger partial charge in [0.15, 0.2) is 0 Å². The molecule has 0 saturated carbocycles. The fraction of sp³-hybridized carbons (Fsp3) is 0.462. The Morgan fingerprint density at radius 3 is 2.85 bits per heavy atom. The molecule has 0 aliphatic heterocycles. The third-order valence-corrected chi connectivity index (χ3v) is 2.50. The van der Waals surface area contributed by atoms with Crippen molar-refractivity contribution in [3.63, 3.8) is 0 Å². The largest absolute Gasteiger partial charge is 0.381 e. The van der Waals surface area contributed by atoms with Crippen LogP contribution in [0.3, 0.4) is 0 Å². The van der Waals surface area contributed by atoms with Crippen LogP contribution >= 0.6 is 0 Å². The van der Waals surface area contributed by atoms with Crippen LogP contribution < -0.4 is 5.32 Å². The highest BCUT2D eigenvalue weighted by molar-refractivity contribution is 5.95. The van der Waals surface area contributed by atoms with Gasteiger partial charge in [0.2, 0.25) is 0 Å². The fourth-order valence-corrected chi connectivity index (χ4v) is 1.52. The Kier molecular flexibility index (Phi) is 6.58. The minimum atomic E-state index is -0.782. The Labute approximate surface area is 116 Å². The first kappa shape index (κ1) is 16.0. The van der Waals surface area contributed by atoms with Crippen molar-refractivity contribution in [2.75, 3.05) is 19.8 Å². The summed E-state index contributed by atoms with van der Waals surface area (Å²) in [6.45, 7) is 3.48. The highest BCUT2D eigenvalue weighted by Gasteiger charge is 2.16. The summed E-state index contributed by atoms with van der Waals surface area (Å²) in [5, 5.41) is 13.1. The standard InChI is InChI=1S/C13H17FN2O4/c1-2-7-20-8-3-6-15-13(17)11-9-10(16(18)19)4-5-12(11)14/h4-5,9H,2-3,6-8H2,1H3,(H,15,17). The maximum absolute atomic E-state index is 13.5. The topological polar surface area (TPSA) is 81.5 Å². The van der Waals surface area contributed by atoms with Gasteiger partial charge in [-0.25, -0.2) is 4.39 Å². The highest BCUT2D eigenvalue weighted by atomic mass is 19.1. The average Bonchev–Trinajstić information content (AvgIpc) is 2.42. The number of non-ortho nitro benzene ring substituents is 1. The molecule has 0 radical (unpaired) electrons. The molecule has 1 rings (SSSR count). The van der Waals surface area contributed by atoms with Gasteiger partial charge < -0.3 is 10.1 Å². The number of nitro groups is 1. The van der Waals surface area contributed by atoms with Crippen LogP contribution in [0.5, 0.6) is 0 Å². The second-order valence-electron chi connectivity index (χ2n) is 4.14. The molecule has 1 amide bonds. The number of carbonyl (C=O) groups excluding carboxylic acids is 1. The van der Waals surface area contributed by atoms with Crippen molar-refractivity contribution in [2.24, 2.45) is 0 Å². The summed E-state index contributed by atoms with van der Waals surface area (Å²) in [5.41, 5.74) is -0.642. The molecule has 0 aliphatic rings. The van der Waals surface area contributed by atoms with Gasteiger partial charge in [0, 0.05) is 31.9 Å². The monoisotopic (exact) mass is 284 g/mol. The number of rotatable bonds is 8. The van der Waals surface area contributed by atoms with Crippen LogP contribution in [0.2, 0.25) is 0 Å². The highest BCUT2D eigenvalue weighted by Crippen LogP contribution is 2.16. The zero-order valence-corrected chi connectivity index (χ0v) is 11.2. The average molecular weight is 284 g/mol. The van der Waals surface area contributed by atoms with E-state index in [0.29, 0.717) is 26.2 Å². The van der Waals surface area contributed by atoms with E-state index in [4.69, 9.17) is 4.74 Å². The van der Waals surface area contributed by atoms with Crippen molar-refractivity contribution in [1.82, 2.24) is 5.32 Å². The van der Waals surface area contributed by atoms with Gasteiger partial charge in [0.1, 0.15) is 5.82 Å². The quantitative estimate of drug-likeness (QED) is 0.451. The van der Waals surface area contributed by atoms with E-state index >= 15 is 0 Å². The third kappa shape index (κ3) is 4.93. The molecule has 6 nitrogen and oxygen atoms in total. The number of amides is 1. The van der Waals surface area contributed by atoms with E-state index in [2.05, 4.69) is 5.32 Å². The van der Waals surface area contributed by atoms with Gasteiger partial charge in [-0.1, -0.05) is 6.92 Å². The van der Waals surface area contributed by atoms with Crippen molar-refractivity contribution in [1.29, 1.82) is 0 Å². The van der Waals surface area contributed by atoms with Gasteiger partial charge in [-0.3, -0.25) is 14.9 Å². The molecule has 7 heteroatoms. The van der Waals surface area contributed by atoms with Crippen molar-refractivity contribution in [3.8, 4) is 0 Å². The molecule has 110 valence electrons. The van der Waals surface area contributed by atoms with Crippen molar-refractivity contribution < 1.29 is 18.8 Å². The van der Waals surface area contributed by atoms with Gasteiger partial charge in [-0.15, -0.1) is 0 Å². The molecule has 0 aliphatic carbocycles. The lowest BCUT2D eigenvalue weighted by Crippen LogP contribution is -2.26. The maximum Gasteiger partial charge on any atom is 0.270 e. The smallest absolute Gasteiger partial charge is 0.270 e. The molecule has 20 heavy (non-hydrogen) atoms. The second-order valence-corrected chi connectivity index (χ2v) is 4.14. The molecule has 1 N–H and O–H groups in total. The van der Waals surface area contributed by atoms with Crippen LogP contribution in [0.1, 0.15) is 30.1 Å². The zero-order chi connectivity index (χ0) is 15.0. The number of benzene rings is 1. The number of carbonyl (C=O) groups is 1. The summed E-state index contributed by atoms with van der Waals surface area (Å²) in [6, 6.07) is 2.86. The Morgan fingerprint density at radius 1 is 1.45 bits per heavy atom. The summed E-state index contributed by atoms with van der Waals surface area (Å²) in [7, 11) is 0. The number of halogens is 1. The van der Waals surface area contributed by atoms with E-state index in [0.717, 1.165) is 24.6 Å². The molecule has 0 heterocycles. The minimum absolute atomic E-state index is 0.317. The summed E-state index contributed by atoms with van der Waals surface area (Å²) in [4.78, 5) is 21.6. The van der Waals surface area contributed by atoms with Gasteiger partial charge in [0.05, 0.1) is 10.5 Å². The van der Waals surface area contributed by atoms with Gasteiger partial charge >= 0.3 is 0 Å². The van der Waals surface area contributed by atoms with E-state index in [1.54, 1.807) is 0 Å². The number of ether oxygens (including phenoxy) is 1. The minimum Gasteiger partial charge on any atom is -0.381 e. The van der Waals surface area contributed by atoms with Crippen molar-refractivity contribution in [3.05, 3.63) is 39.7 Å². The van der Waals surface area contributed by atoms with Crippen LogP contribution in [0.4, 0.5) is 10.1 Å². The molecule has 0 aromatic heterocycles. The van der Waals surface area contributed by atoms with Crippen molar-refractivity contribution in [2.45, 2.75) is 19.8 Å². The van der Waals surface area contributed by atoms with E-state index in [1.807, 2.05) is 6.92 Å². The molecule has 0 unspecified atom stereocenters. The lowest BCUT2D eigenvalue weighted by atomic mass is 10.1. The predicted octanol–water partition coefficient (Wildman–Crippen LogP) is 2.28. The first-order chi connectivity index (χ1) is 9.56. The number of nitrogens with zero attached hydrogens (tertiary/aromatic N) is 1. The Bertz CT molecular complexity index is 479. The molecule has 0 spiro atoms. The van der Waals surface area contributed by atoms with Crippen LogP contribution in [-0.4, -0.2) is 30.6 Å². The summed E-state index contributed by atoms with van der Waals surface area (Å²) >= 11 is 0. The molecule has 1 aromatic carbocycles. The summed E-state index contributed by atoms with van der Waals surface area (Å²) in [5.74, 6) is -1.45. The molecule has 0 bridgehead atoms. The first-order valence-electron chi connectivity index (χ1n) is 6.36. The fourth-order valence-electron chi connectivity index (χ4n) is 1.52. The van der Waals surface area contributed by atoms with Gasteiger partial charge in [-0.2, -0.15) is 0 Å². The Hall–Kier alpha value is -2.02. The summed E-state index contributed by atoms with van der Waals surface area (Å²) < 4.78 is 18.7. The van der Waals surface area contributed by atoms with E-state index in [9.17, 15) is 19.3 Å². The van der Waals surface area contributed by atoms with Crippen molar-refractivity contribution >= 4 is 11.6 Å².